The Balaban J connectivity index is 1.77. The van der Waals surface area contributed by atoms with Gasteiger partial charge in [0.2, 0.25) is 0 Å². The van der Waals surface area contributed by atoms with Gasteiger partial charge in [0.05, 0.1) is 13.2 Å². The summed E-state index contributed by atoms with van der Waals surface area (Å²) in [5.41, 5.74) is 1.41. The number of aromatic nitrogens is 2. The zero-order valence-corrected chi connectivity index (χ0v) is 15.4. The number of carbonyl (C=O) groups is 1. The Hall–Kier alpha value is -3.28. The van der Waals surface area contributed by atoms with E-state index in [1.165, 1.54) is 13.2 Å². The van der Waals surface area contributed by atoms with Crippen LogP contribution in [0.2, 0.25) is 0 Å². The number of rotatable bonds is 7. The lowest BCUT2D eigenvalue weighted by atomic mass is 10.0. The van der Waals surface area contributed by atoms with Crippen LogP contribution in [-0.2, 0) is 6.54 Å². The summed E-state index contributed by atoms with van der Waals surface area (Å²) in [6.45, 7) is 2.69. The van der Waals surface area contributed by atoms with Crippen LogP contribution in [0.1, 0.15) is 34.2 Å². The van der Waals surface area contributed by atoms with E-state index in [2.05, 4.69) is 14.9 Å². The highest BCUT2D eigenvalue weighted by molar-refractivity contribution is 5.95. The van der Waals surface area contributed by atoms with Crippen LogP contribution in [0.5, 0.6) is 11.5 Å². The number of nitrogens with zero attached hydrogens (tertiary/aromatic N) is 2. The van der Waals surface area contributed by atoms with Gasteiger partial charge in [-0.15, -0.1) is 0 Å². The lowest BCUT2D eigenvalue weighted by molar-refractivity contribution is 0.0933. The molecule has 1 aromatic heterocycles. The summed E-state index contributed by atoms with van der Waals surface area (Å²) in [7, 11) is 1.47. The van der Waals surface area contributed by atoms with Crippen LogP contribution in [0.3, 0.4) is 0 Å². The number of methoxy groups -OCH3 is 1. The van der Waals surface area contributed by atoms with Crippen molar-refractivity contribution in [2.24, 2.45) is 0 Å². The van der Waals surface area contributed by atoms with Crippen molar-refractivity contribution < 1.29 is 14.6 Å². The first-order valence-electron chi connectivity index (χ1n) is 8.79. The van der Waals surface area contributed by atoms with Crippen molar-refractivity contribution in [3.8, 4) is 11.5 Å². The van der Waals surface area contributed by atoms with Crippen molar-refractivity contribution in [1.29, 1.82) is 0 Å². The van der Waals surface area contributed by atoms with Gasteiger partial charge in [-0.1, -0.05) is 30.3 Å². The Kier molecular flexibility index (Phi) is 5.76. The van der Waals surface area contributed by atoms with E-state index in [0.717, 1.165) is 24.4 Å². The maximum Gasteiger partial charge on any atom is 0.251 e. The van der Waals surface area contributed by atoms with Gasteiger partial charge in [-0.2, -0.15) is 0 Å². The number of phenols is 1. The molecule has 6 heteroatoms. The number of amides is 1. The number of hydrogen-bond donors (Lipinski definition) is 2. The molecular formula is C21H23N3O3. The number of ether oxygens (including phenoxy) is 1. The second-order valence-electron chi connectivity index (χ2n) is 6.28. The van der Waals surface area contributed by atoms with Crippen LogP contribution in [0, 0.1) is 6.92 Å². The molecule has 140 valence electrons. The summed E-state index contributed by atoms with van der Waals surface area (Å²) >= 11 is 0. The van der Waals surface area contributed by atoms with Gasteiger partial charge in [0.15, 0.2) is 11.5 Å². The van der Waals surface area contributed by atoms with E-state index in [0.29, 0.717) is 11.3 Å². The Morgan fingerprint density at radius 1 is 1.26 bits per heavy atom. The van der Waals surface area contributed by atoms with E-state index in [9.17, 15) is 9.90 Å². The average molecular weight is 365 g/mol. The van der Waals surface area contributed by atoms with E-state index in [-0.39, 0.29) is 17.7 Å². The zero-order valence-electron chi connectivity index (χ0n) is 15.4. The summed E-state index contributed by atoms with van der Waals surface area (Å²) < 4.78 is 7.09. The first kappa shape index (κ1) is 18.5. The highest BCUT2D eigenvalue weighted by atomic mass is 16.5. The molecule has 0 spiro atoms. The molecule has 0 fully saturated rings. The van der Waals surface area contributed by atoms with Crippen molar-refractivity contribution >= 4 is 5.91 Å². The van der Waals surface area contributed by atoms with Crippen molar-refractivity contribution in [3.63, 3.8) is 0 Å². The van der Waals surface area contributed by atoms with Crippen LogP contribution in [-0.4, -0.2) is 27.7 Å². The predicted molar refractivity (Wildman–Crippen MR) is 103 cm³/mol. The van der Waals surface area contributed by atoms with Crippen molar-refractivity contribution in [2.75, 3.05) is 7.11 Å². The molecular weight excluding hydrogens is 342 g/mol. The first-order valence-corrected chi connectivity index (χ1v) is 8.79. The Morgan fingerprint density at radius 2 is 2.04 bits per heavy atom. The minimum absolute atomic E-state index is 0.0598. The molecule has 2 aromatic carbocycles. The van der Waals surface area contributed by atoms with Gasteiger partial charge in [0.1, 0.15) is 5.82 Å². The van der Waals surface area contributed by atoms with Crippen LogP contribution < -0.4 is 10.1 Å². The molecule has 0 saturated heterocycles. The topological polar surface area (TPSA) is 76.4 Å². The molecule has 1 heterocycles. The third-order valence-corrected chi connectivity index (χ3v) is 4.53. The van der Waals surface area contributed by atoms with Crippen molar-refractivity contribution in [2.45, 2.75) is 25.9 Å². The number of benzene rings is 2. The molecule has 0 aliphatic heterocycles. The molecule has 27 heavy (non-hydrogen) atoms. The van der Waals surface area contributed by atoms with Gasteiger partial charge >= 0.3 is 0 Å². The molecule has 1 amide bonds. The zero-order chi connectivity index (χ0) is 19.2. The van der Waals surface area contributed by atoms with Crippen LogP contribution in [0.15, 0.2) is 60.9 Å². The third kappa shape index (κ3) is 4.47. The van der Waals surface area contributed by atoms with E-state index in [1.54, 1.807) is 18.3 Å². The maximum atomic E-state index is 12.7. The summed E-state index contributed by atoms with van der Waals surface area (Å²) in [6.07, 6.45) is 4.42. The van der Waals surface area contributed by atoms with Gasteiger partial charge in [0.25, 0.3) is 5.91 Å². The molecule has 3 rings (SSSR count). The lowest BCUT2D eigenvalue weighted by Gasteiger charge is -2.20. The smallest absolute Gasteiger partial charge is 0.251 e. The van der Waals surface area contributed by atoms with Gasteiger partial charge in [-0.05, 0) is 37.1 Å². The van der Waals surface area contributed by atoms with Crippen LogP contribution in [0.4, 0.5) is 0 Å². The van der Waals surface area contributed by atoms with E-state index >= 15 is 0 Å². The maximum absolute atomic E-state index is 12.7. The number of phenolic OH excluding ortho intramolecular Hbond substituents is 1. The second kappa shape index (κ2) is 8.40. The average Bonchev–Trinajstić information content (AvgIpc) is 3.10. The van der Waals surface area contributed by atoms with Crippen LogP contribution >= 0.6 is 0 Å². The van der Waals surface area contributed by atoms with Crippen molar-refractivity contribution in [1.82, 2.24) is 14.9 Å². The number of carbonyl (C=O) groups excluding carboxylic acids is 1. The normalized spacial score (nSPS) is 11.8. The molecule has 0 aliphatic carbocycles. The van der Waals surface area contributed by atoms with Gasteiger partial charge < -0.3 is 19.7 Å². The monoisotopic (exact) mass is 365 g/mol. The standard InChI is InChI=1S/C21H23N3O3/c1-15-22-11-13-24(15)12-10-18(16-6-4-3-5-7-16)23-21(26)17-8-9-20(27-2)19(25)14-17/h3-9,11,13-14,18,25H,10,12H2,1-2H3,(H,23,26)/t18-/m0/s1. The highest BCUT2D eigenvalue weighted by Gasteiger charge is 2.17. The molecule has 0 aliphatic rings. The molecule has 6 nitrogen and oxygen atoms in total. The second-order valence-corrected chi connectivity index (χ2v) is 6.28. The number of nitrogens with one attached hydrogen (secondary N) is 1. The highest BCUT2D eigenvalue weighted by Crippen LogP contribution is 2.27. The Bertz CT molecular complexity index is 906. The summed E-state index contributed by atoms with van der Waals surface area (Å²) in [4.78, 5) is 17.0. The quantitative estimate of drug-likeness (QED) is 0.672. The molecule has 1 atom stereocenters. The summed E-state index contributed by atoms with van der Waals surface area (Å²) in [5, 5.41) is 13.0. The Labute approximate surface area is 158 Å². The fourth-order valence-electron chi connectivity index (χ4n) is 2.99. The number of imidazole rings is 1. The van der Waals surface area contributed by atoms with Crippen molar-refractivity contribution in [3.05, 3.63) is 77.9 Å². The number of hydrogen-bond acceptors (Lipinski definition) is 4. The first-order chi connectivity index (χ1) is 13.1. The minimum Gasteiger partial charge on any atom is -0.504 e. The van der Waals surface area contributed by atoms with E-state index in [1.807, 2.05) is 43.5 Å². The summed E-state index contributed by atoms with van der Waals surface area (Å²) in [6, 6.07) is 14.3. The Morgan fingerprint density at radius 3 is 2.67 bits per heavy atom. The molecule has 2 N–H and O–H groups in total. The largest absolute Gasteiger partial charge is 0.504 e. The number of aromatic hydroxyl groups is 1. The third-order valence-electron chi connectivity index (χ3n) is 4.53. The van der Waals surface area contributed by atoms with Gasteiger partial charge in [0, 0.05) is 24.5 Å². The van der Waals surface area contributed by atoms with E-state index in [4.69, 9.17) is 4.74 Å². The fourth-order valence-corrected chi connectivity index (χ4v) is 2.99. The molecule has 0 saturated carbocycles. The lowest BCUT2D eigenvalue weighted by Crippen LogP contribution is -2.29. The predicted octanol–water partition coefficient (Wildman–Crippen LogP) is 3.47. The SMILES string of the molecule is COc1ccc(C(=O)N[C@@H](CCn2ccnc2C)c2ccccc2)cc1O. The molecule has 0 radical (unpaired) electrons. The minimum atomic E-state index is -0.246. The van der Waals surface area contributed by atoms with Gasteiger partial charge in [-0.3, -0.25) is 4.79 Å². The molecule has 0 unspecified atom stereocenters. The van der Waals surface area contributed by atoms with E-state index < -0.39 is 0 Å². The van der Waals surface area contributed by atoms with Crippen LogP contribution in [0.25, 0.3) is 0 Å². The molecule has 3 aromatic rings. The van der Waals surface area contributed by atoms with Gasteiger partial charge in [-0.25, -0.2) is 4.98 Å². The summed E-state index contributed by atoms with van der Waals surface area (Å²) in [5.74, 6) is 0.967. The fraction of sp³-hybridized carbons (Fsp3) is 0.238. The molecule has 0 bridgehead atoms. The number of aryl methyl sites for hydroxylation is 2.